The van der Waals surface area contributed by atoms with E-state index in [9.17, 15) is 9.59 Å². The number of thiophene rings is 1. The molecule has 7 nitrogen and oxygen atoms in total. The molecule has 0 aliphatic carbocycles. The quantitative estimate of drug-likeness (QED) is 0.323. The van der Waals surface area contributed by atoms with Crippen LogP contribution in [0.5, 0.6) is 11.5 Å². The SMILES string of the molecule is C=CCOc1ccc(C2C(C(=O)OCC)=C(C)N=c3sc(=Cc4cccs4)c(=O)n32)cc1OCC. The van der Waals surface area contributed by atoms with Crippen molar-refractivity contribution in [2.45, 2.75) is 26.8 Å². The average Bonchev–Trinajstić information content (AvgIpc) is 3.45. The molecule has 9 heteroatoms. The molecule has 0 amide bonds. The van der Waals surface area contributed by atoms with E-state index < -0.39 is 12.0 Å². The summed E-state index contributed by atoms with van der Waals surface area (Å²) in [5, 5.41) is 1.96. The number of nitrogens with zero attached hydrogens (tertiary/aromatic N) is 2. The van der Waals surface area contributed by atoms with Crippen LogP contribution in [0.1, 0.15) is 37.3 Å². The third-order valence-electron chi connectivity index (χ3n) is 5.27. The van der Waals surface area contributed by atoms with E-state index in [4.69, 9.17) is 14.2 Å². The third-order valence-corrected chi connectivity index (χ3v) is 7.08. The van der Waals surface area contributed by atoms with Crippen LogP contribution in [0, 0.1) is 0 Å². The van der Waals surface area contributed by atoms with E-state index in [0.717, 1.165) is 4.88 Å². The zero-order valence-corrected chi connectivity index (χ0v) is 21.4. The van der Waals surface area contributed by atoms with Crippen LogP contribution in [0.4, 0.5) is 0 Å². The van der Waals surface area contributed by atoms with Crippen molar-refractivity contribution in [3.8, 4) is 11.5 Å². The summed E-state index contributed by atoms with van der Waals surface area (Å²) >= 11 is 2.85. The minimum atomic E-state index is -0.719. The molecule has 0 saturated heterocycles. The van der Waals surface area contributed by atoms with Crippen molar-refractivity contribution in [2.24, 2.45) is 4.99 Å². The van der Waals surface area contributed by atoms with Crippen molar-refractivity contribution in [1.82, 2.24) is 4.57 Å². The van der Waals surface area contributed by atoms with E-state index in [1.807, 2.05) is 36.6 Å². The van der Waals surface area contributed by atoms with Crippen LogP contribution in [0.25, 0.3) is 6.08 Å². The second kappa shape index (κ2) is 10.9. The van der Waals surface area contributed by atoms with Gasteiger partial charge in [-0.2, -0.15) is 0 Å². The summed E-state index contributed by atoms with van der Waals surface area (Å²) in [6.07, 6.45) is 3.51. The Bertz CT molecular complexity index is 1450. The average molecular weight is 511 g/mol. The fourth-order valence-corrected chi connectivity index (χ4v) is 5.61. The predicted molar refractivity (Wildman–Crippen MR) is 138 cm³/mol. The zero-order valence-electron chi connectivity index (χ0n) is 19.8. The number of hydrogen-bond acceptors (Lipinski definition) is 8. The highest BCUT2D eigenvalue weighted by atomic mass is 32.1. The first-order valence-electron chi connectivity index (χ1n) is 11.2. The number of hydrogen-bond donors (Lipinski definition) is 0. The summed E-state index contributed by atoms with van der Waals surface area (Å²) in [6, 6.07) is 8.59. The lowest BCUT2D eigenvalue weighted by atomic mass is 9.95. The van der Waals surface area contributed by atoms with Gasteiger partial charge < -0.3 is 14.2 Å². The molecular formula is C26H26N2O5S2. The van der Waals surface area contributed by atoms with Crippen molar-refractivity contribution in [3.63, 3.8) is 0 Å². The molecule has 35 heavy (non-hydrogen) atoms. The zero-order chi connectivity index (χ0) is 24.9. The number of esters is 1. The first-order chi connectivity index (χ1) is 17.0. The fraction of sp³-hybridized carbons (Fsp3) is 0.269. The highest BCUT2D eigenvalue weighted by Gasteiger charge is 2.34. The summed E-state index contributed by atoms with van der Waals surface area (Å²) < 4.78 is 19.0. The van der Waals surface area contributed by atoms with Crippen molar-refractivity contribution in [2.75, 3.05) is 19.8 Å². The van der Waals surface area contributed by atoms with Crippen LogP contribution in [0.15, 0.2) is 69.4 Å². The van der Waals surface area contributed by atoms with Crippen molar-refractivity contribution >= 4 is 34.7 Å². The maximum absolute atomic E-state index is 13.6. The van der Waals surface area contributed by atoms with Gasteiger partial charge in [0.15, 0.2) is 16.3 Å². The van der Waals surface area contributed by atoms with E-state index in [1.54, 1.807) is 48.0 Å². The Balaban J connectivity index is 1.93. The van der Waals surface area contributed by atoms with E-state index in [2.05, 4.69) is 11.6 Å². The Kier molecular flexibility index (Phi) is 7.67. The molecule has 0 bridgehead atoms. The van der Waals surface area contributed by atoms with Gasteiger partial charge in [-0.05, 0) is 56.0 Å². The Labute approximate surface area is 210 Å². The third kappa shape index (κ3) is 5.01. The second-order valence-electron chi connectivity index (χ2n) is 7.56. The maximum atomic E-state index is 13.6. The Morgan fingerprint density at radius 3 is 2.71 bits per heavy atom. The molecule has 1 unspecified atom stereocenters. The molecule has 1 aromatic carbocycles. The predicted octanol–water partition coefficient (Wildman–Crippen LogP) is 3.82. The first kappa shape index (κ1) is 24.7. The van der Waals surface area contributed by atoms with Gasteiger partial charge in [0.1, 0.15) is 6.61 Å². The van der Waals surface area contributed by atoms with Crippen LogP contribution in [-0.4, -0.2) is 30.4 Å². The maximum Gasteiger partial charge on any atom is 0.338 e. The van der Waals surface area contributed by atoms with Gasteiger partial charge >= 0.3 is 5.97 Å². The lowest BCUT2D eigenvalue weighted by Gasteiger charge is -2.25. The Morgan fingerprint density at radius 2 is 2.03 bits per heavy atom. The van der Waals surface area contributed by atoms with E-state index >= 15 is 0 Å². The second-order valence-corrected chi connectivity index (χ2v) is 9.54. The summed E-state index contributed by atoms with van der Waals surface area (Å²) in [6.45, 7) is 10.0. The highest BCUT2D eigenvalue weighted by molar-refractivity contribution is 7.11. The minimum absolute atomic E-state index is 0.212. The van der Waals surface area contributed by atoms with Gasteiger partial charge in [-0.1, -0.05) is 36.1 Å². The van der Waals surface area contributed by atoms with Gasteiger partial charge in [-0.25, -0.2) is 9.79 Å². The minimum Gasteiger partial charge on any atom is -0.490 e. The van der Waals surface area contributed by atoms with Gasteiger partial charge in [-0.3, -0.25) is 9.36 Å². The van der Waals surface area contributed by atoms with Gasteiger partial charge in [-0.15, -0.1) is 11.3 Å². The molecule has 182 valence electrons. The molecule has 2 aromatic heterocycles. The number of carbonyl (C=O) groups excluding carboxylic acids is 1. The van der Waals surface area contributed by atoms with Gasteiger partial charge in [0.2, 0.25) is 0 Å². The smallest absolute Gasteiger partial charge is 0.338 e. The van der Waals surface area contributed by atoms with Gasteiger partial charge in [0.25, 0.3) is 5.56 Å². The molecule has 1 atom stereocenters. The molecule has 3 aromatic rings. The molecular weight excluding hydrogens is 484 g/mol. The lowest BCUT2D eigenvalue weighted by molar-refractivity contribution is -0.139. The Hall–Kier alpha value is -3.43. The lowest BCUT2D eigenvalue weighted by Crippen LogP contribution is -2.39. The van der Waals surface area contributed by atoms with Crippen molar-refractivity contribution in [3.05, 3.63) is 89.8 Å². The number of thiazole rings is 1. The summed E-state index contributed by atoms with van der Waals surface area (Å²) in [4.78, 5) is 32.8. The fourth-order valence-electron chi connectivity index (χ4n) is 3.84. The number of rotatable bonds is 9. The van der Waals surface area contributed by atoms with E-state index in [1.165, 1.54) is 11.3 Å². The number of fused-ring (bicyclic) bond motifs is 1. The molecule has 1 aliphatic heterocycles. The van der Waals surface area contributed by atoms with E-state index in [0.29, 0.717) is 50.9 Å². The van der Waals surface area contributed by atoms with Gasteiger partial charge in [0, 0.05) is 4.88 Å². The molecule has 0 fully saturated rings. The number of allylic oxidation sites excluding steroid dienone is 1. The number of ether oxygens (including phenoxy) is 3. The van der Waals surface area contributed by atoms with Crippen LogP contribution in [-0.2, 0) is 9.53 Å². The van der Waals surface area contributed by atoms with Crippen LogP contribution in [0.3, 0.4) is 0 Å². The largest absolute Gasteiger partial charge is 0.490 e. The van der Waals surface area contributed by atoms with E-state index in [-0.39, 0.29) is 12.2 Å². The normalized spacial score (nSPS) is 15.4. The van der Waals surface area contributed by atoms with Crippen LogP contribution < -0.4 is 24.4 Å². The standard InChI is InChI=1S/C26H26N2O5S2/c1-5-12-33-19-11-10-17(14-20(19)31-6-2)23-22(25(30)32-7-3)16(4)27-26-28(23)24(29)21(35-26)15-18-9-8-13-34-18/h5,8-11,13-15,23H,1,6-7,12H2,2-4H3. The number of carbonyl (C=O) groups is 1. The number of benzene rings is 1. The molecule has 0 N–H and O–H groups in total. The first-order valence-corrected chi connectivity index (χ1v) is 12.9. The summed E-state index contributed by atoms with van der Waals surface area (Å²) in [5.74, 6) is 0.570. The molecule has 0 saturated carbocycles. The number of aromatic nitrogens is 1. The summed E-state index contributed by atoms with van der Waals surface area (Å²) in [5.41, 5.74) is 1.32. The van der Waals surface area contributed by atoms with Crippen LogP contribution >= 0.6 is 22.7 Å². The molecule has 0 radical (unpaired) electrons. The summed E-state index contributed by atoms with van der Waals surface area (Å²) in [7, 11) is 0. The monoisotopic (exact) mass is 510 g/mol. The molecule has 0 spiro atoms. The van der Waals surface area contributed by atoms with Crippen molar-refractivity contribution in [1.29, 1.82) is 0 Å². The molecule has 1 aliphatic rings. The van der Waals surface area contributed by atoms with Gasteiger partial charge in [0.05, 0.1) is 35.1 Å². The Morgan fingerprint density at radius 1 is 1.20 bits per heavy atom. The van der Waals surface area contributed by atoms with Crippen LogP contribution in [0.2, 0.25) is 0 Å². The molecule has 3 heterocycles. The molecule has 4 rings (SSSR count). The van der Waals surface area contributed by atoms with Crippen molar-refractivity contribution < 1.29 is 19.0 Å². The highest BCUT2D eigenvalue weighted by Crippen LogP contribution is 2.36. The topological polar surface area (TPSA) is 79.1 Å².